The number of hydrogen-bond acceptors (Lipinski definition) is 4. The molecule has 0 saturated heterocycles. The van der Waals surface area contributed by atoms with Gasteiger partial charge < -0.3 is 10.1 Å². The normalized spacial score (nSPS) is 10.9. The number of anilines is 1. The average Bonchev–Trinajstić information content (AvgIpc) is 2.62. The summed E-state index contributed by atoms with van der Waals surface area (Å²) >= 11 is 0. The van der Waals surface area contributed by atoms with Crippen molar-refractivity contribution in [2.24, 2.45) is 0 Å². The van der Waals surface area contributed by atoms with Crippen LogP contribution in [0.25, 0.3) is 0 Å². The van der Waals surface area contributed by atoms with Crippen LogP contribution < -0.4 is 10.6 Å². The van der Waals surface area contributed by atoms with Gasteiger partial charge in [-0.2, -0.15) is 5.10 Å². The van der Waals surface area contributed by atoms with Crippen LogP contribution in [0.2, 0.25) is 0 Å². The SMILES string of the molecule is CNC(=O)Cn1cc(NC(=O)OC(C)(C)C)cn1. The van der Waals surface area contributed by atoms with E-state index in [2.05, 4.69) is 15.7 Å². The Morgan fingerprint density at radius 3 is 2.67 bits per heavy atom. The maximum absolute atomic E-state index is 11.5. The minimum absolute atomic E-state index is 0.104. The van der Waals surface area contributed by atoms with Gasteiger partial charge in [0.15, 0.2) is 0 Å². The lowest BCUT2D eigenvalue weighted by Crippen LogP contribution is -2.27. The van der Waals surface area contributed by atoms with Gasteiger partial charge in [-0.25, -0.2) is 4.79 Å². The van der Waals surface area contributed by atoms with Crippen LogP contribution in [-0.4, -0.2) is 34.4 Å². The maximum Gasteiger partial charge on any atom is 0.412 e. The molecule has 0 bridgehead atoms. The molecule has 0 saturated carbocycles. The van der Waals surface area contributed by atoms with Crippen molar-refractivity contribution in [1.29, 1.82) is 0 Å². The van der Waals surface area contributed by atoms with Gasteiger partial charge in [0.2, 0.25) is 5.91 Å². The molecular weight excluding hydrogens is 236 g/mol. The fraction of sp³-hybridized carbons (Fsp3) is 0.545. The number of carbonyl (C=O) groups excluding carboxylic acids is 2. The van der Waals surface area contributed by atoms with Crippen LogP contribution in [0.3, 0.4) is 0 Å². The Morgan fingerprint density at radius 2 is 2.11 bits per heavy atom. The zero-order valence-corrected chi connectivity index (χ0v) is 11.0. The van der Waals surface area contributed by atoms with Crippen LogP contribution in [0.4, 0.5) is 10.5 Å². The van der Waals surface area contributed by atoms with E-state index in [-0.39, 0.29) is 12.5 Å². The van der Waals surface area contributed by atoms with Gasteiger partial charge in [-0.3, -0.25) is 14.8 Å². The molecule has 18 heavy (non-hydrogen) atoms. The molecule has 0 fully saturated rings. The highest BCUT2D eigenvalue weighted by molar-refractivity contribution is 5.84. The molecule has 0 unspecified atom stereocenters. The molecule has 1 aromatic rings. The first-order chi connectivity index (χ1) is 8.30. The highest BCUT2D eigenvalue weighted by Gasteiger charge is 2.16. The lowest BCUT2D eigenvalue weighted by atomic mass is 10.2. The fourth-order valence-electron chi connectivity index (χ4n) is 1.16. The minimum atomic E-state index is -0.554. The summed E-state index contributed by atoms with van der Waals surface area (Å²) in [4.78, 5) is 22.6. The molecule has 100 valence electrons. The Labute approximate surface area is 105 Å². The summed E-state index contributed by atoms with van der Waals surface area (Å²) in [6.07, 6.45) is 2.45. The van der Waals surface area contributed by atoms with Gasteiger partial charge in [-0.1, -0.05) is 0 Å². The molecule has 1 heterocycles. The molecule has 0 spiro atoms. The van der Waals surface area contributed by atoms with Crippen molar-refractivity contribution in [2.45, 2.75) is 32.9 Å². The Kier molecular flexibility index (Phi) is 4.30. The molecule has 7 nitrogen and oxygen atoms in total. The molecule has 0 atom stereocenters. The second kappa shape index (κ2) is 5.52. The third kappa shape index (κ3) is 4.86. The molecule has 2 N–H and O–H groups in total. The van der Waals surface area contributed by atoms with Crippen molar-refractivity contribution >= 4 is 17.7 Å². The van der Waals surface area contributed by atoms with E-state index in [4.69, 9.17) is 4.74 Å². The van der Waals surface area contributed by atoms with Gasteiger partial charge >= 0.3 is 6.09 Å². The summed E-state index contributed by atoms with van der Waals surface area (Å²) in [7, 11) is 1.55. The molecule has 0 aliphatic carbocycles. The van der Waals surface area contributed by atoms with E-state index in [1.165, 1.54) is 10.9 Å². The molecule has 0 aliphatic rings. The van der Waals surface area contributed by atoms with Crippen molar-refractivity contribution in [3.63, 3.8) is 0 Å². The molecule has 0 radical (unpaired) electrons. The highest BCUT2D eigenvalue weighted by atomic mass is 16.6. The number of aromatic nitrogens is 2. The van der Waals surface area contributed by atoms with E-state index < -0.39 is 11.7 Å². The van der Waals surface area contributed by atoms with E-state index in [1.807, 2.05) is 0 Å². The summed E-state index contributed by atoms with van der Waals surface area (Å²) in [5, 5.41) is 8.96. The van der Waals surface area contributed by atoms with E-state index in [1.54, 1.807) is 34.0 Å². The number of ether oxygens (including phenoxy) is 1. The summed E-state index contributed by atoms with van der Waals surface area (Å²) in [6.45, 7) is 5.44. The Balaban J connectivity index is 2.54. The van der Waals surface area contributed by atoms with E-state index in [0.717, 1.165) is 0 Å². The second-order valence-corrected chi connectivity index (χ2v) is 4.73. The fourth-order valence-corrected chi connectivity index (χ4v) is 1.16. The predicted molar refractivity (Wildman–Crippen MR) is 66.2 cm³/mol. The molecule has 1 rings (SSSR count). The summed E-state index contributed by atoms with van der Waals surface area (Å²) in [5.41, 5.74) is -0.0736. The van der Waals surface area contributed by atoms with Crippen molar-refractivity contribution in [3.05, 3.63) is 12.4 Å². The van der Waals surface area contributed by atoms with Crippen molar-refractivity contribution in [3.8, 4) is 0 Å². The molecule has 0 aromatic carbocycles. The number of nitrogens with one attached hydrogen (secondary N) is 2. The molecule has 7 heteroatoms. The Hall–Kier alpha value is -2.05. The van der Waals surface area contributed by atoms with Gasteiger partial charge in [-0.05, 0) is 20.8 Å². The smallest absolute Gasteiger partial charge is 0.412 e. The third-order valence-corrected chi connectivity index (χ3v) is 1.86. The van der Waals surface area contributed by atoms with Crippen molar-refractivity contribution in [1.82, 2.24) is 15.1 Å². The van der Waals surface area contributed by atoms with E-state index in [0.29, 0.717) is 5.69 Å². The van der Waals surface area contributed by atoms with Crippen LogP contribution in [0, 0.1) is 0 Å². The topological polar surface area (TPSA) is 85.2 Å². The summed E-state index contributed by atoms with van der Waals surface area (Å²) in [5.74, 6) is -0.165. The first kappa shape index (κ1) is 14.0. The van der Waals surface area contributed by atoms with Crippen LogP contribution in [0.5, 0.6) is 0 Å². The predicted octanol–water partition coefficient (Wildman–Crippen LogP) is 0.976. The average molecular weight is 254 g/mol. The van der Waals surface area contributed by atoms with Crippen molar-refractivity contribution < 1.29 is 14.3 Å². The monoisotopic (exact) mass is 254 g/mol. The minimum Gasteiger partial charge on any atom is -0.444 e. The molecule has 1 aromatic heterocycles. The second-order valence-electron chi connectivity index (χ2n) is 4.73. The Bertz CT molecular complexity index is 434. The first-order valence-corrected chi connectivity index (χ1v) is 5.53. The first-order valence-electron chi connectivity index (χ1n) is 5.53. The van der Waals surface area contributed by atoms with Gasteiger partial charge in [0.05, 0.1) is 11.9 Å². The number of hydrogen-bond donors (Lipinski definition) is 2. The molecule has 0 aliphatic heterocycles. The standard InChI is InChI=1S/C11H18N4O3/c1-11(2,3)18-10(17)14-8-5-13-15(6-8)7-9(16)12-4/h5-6H,7H2,1-4H3,(H,12,16)(H,14,17). The number of carbonyl (C=O) groups is 2. The Morgan fingerprint density at radius 1 is 1.44 bits per heavy atom. The lowest BCUT2D eigenvalue weighted by molar-refractivity contribution is -0.121. The maximum atomic E-state index is 11.5. The van der Waals surface area contributed by atoms with Crippen LogP contribution in [-0.2, 0) is 16.1 Å². The van der Waals surface area contributed by atoms with E-state index in [9.17, 15) is 9.59 Å². The van der Waals surface area contributed by atoms with E-state index >= 15 is 0 Å². The van der Waals surface area contributed by atoms with Gasteiger partial charge in [0, 0.05) is 13.2 Å². The van der Waals surface area contributed by atoms with Gasteiger partial charge in [0.1, 0.15) is 12.1 Å². The number of nitrogens with zero attached hydrogens (tertiary/aromatic N) is 2. The molecule has 2 amide bonds. The number of rotatable bonds is 3. The largest absolute Gasteiger partial charge is 0.444 e. The van der Waals surface area contributed by atoms with Crippen molar-refractivity contribution in [2.75, 3.05) is 12.4 Å². The number of amides is 2. The van der Waals surface area contributed by atoms with Crippen LogP contribution in [0.1, 0.15) is 20.8 Å². The van der Waals surface area contributed by atoms with Crippen LogP contribution in [0.15, 0.2) is 12.4 Å². The van der Waals surface area contributed by atoms with Gasteiger partial charge in [0.25, 0.3) is 0 Å². The summed E-state index contributed by atoms with van der Waals surface area (Å²) in [6, 6.07) is 0. The quantitative estimate of drug-likeness (QED) is 0.841. The molecular formula is C11H18N4O3. The summed E-state index contributed by atoms with van der Waals surface area (Å²) < 4.78 is 6.51. The highest BCUT2D eigenvalue weighted by Crippen LogP contribution is 2.10. The zero-order chi connectivity index (χ0) is 13.8. The number of likely N-dealkylation sites (N-methyl/N-ethyl adjacent to an activating group) is 1. The van der Waals surface area contributed by atoms with Crippen LogP contribution >= 0.6 is 0 Å². The zero-order valence-electron chi connectivity index (χ0n) is 11.0. The third-order valence-electron chi connectivity index (χ3n) is 1.86. The lowest BCUT2D eigenvalue weighted by Gasteiger charge is -2.19. The van der Waals surface area contributed by atoms with Gasteiger partial charge in [-0.15, -0.1) is 0 Å².